The van der Waals surface area contributed by atoms with E-state index in [4.69, 9.17) is 0 Å². The molecule has 0 aliphatic rings. The summed E-state index contributed by atoms with van der Waals surface area (Å²) in [6.07, 6.45) is 16.9. The molecule has 0 rings (SSSR count). The van der Waals surface area contributed by atoms with Crippen molar-refractivity contribution in [3.63, 3.8) is 0 Å². The third-order valence-electron chi connectivity index (χ3n) is 5.88. The van der Waals surface area contributed by atoms with Gasteiger partial charge in [0.15, 0.2) is 0 Å². The van der Waals surface area contributed by atoms with Crippen molar-refractivity contribution >= 4 is 21.6 Å². The normalized spacial score (nSPS) is 11.8. The minimum atomic E-state index is 0. The lowest BCUT2D eigenvalue weighted by Gasteiger charge is -2.30. The fraction of sp³-hybridized carbons (Fsp3) is 1.00. The molecule has 186 valence electrons. The van der Waals surface area contributed by atoms with E-state index in [9.17, 15) is 0 Å². The van der Waals surface area contributed by atoms with E-state index < -0.39 is 0 Å². The van der Waals surface area contributed by atoms with Crippen molar-refractivity contribution < 1.29 is 42.9 Å². The van der Waals surface area contributed by atoms with Gasteiger partial charge in [0.05, 0.1) is 65.9 Å². The standard InChI is InChI=1S/C24H54N2S2.2BrH/c1-7-9-11-13-15-17-19-25(3,4)21-23-27-28-24-22-26(5,6)20-18-16-14-12-10-8-2;;/h7-24H2,1-6H3;2*1H/q+2;;/p-2. The molecule has 0 aliphatic carbocycles. The van der Waals surface area contributed by atoms with E-state index in [-0.39, 0.29) is 34.0 Å². The van der Waals surface area contributed by atoms with Gasteiger partial charge in [-0.25, -0.2) is 0 Å². The lowest BCUT2D eigenvalue weighted by atomic mass is 10.1. The fourth-order valence-electron chi connectivity index (χ4n) is 3.55. The van der Waals surface area contributed by atoms with Gasteiger partial charge in [-0.2, -0.15) is 0 Å². The third-order valence-corrected chi connectivity index (χ3v) is 8.24. The molecule has 0 aromatic rings. The Bertz CT molecular complexity index is 311. The second-order valence-electron chi connectivity index (χ2n) is 9.95. The molecule has 0 aliphatic heterocycles. The highest BCUT2D eigenvalue weighted by atomic mass is 79.9. The molecule has 2 nitrogen and oxygen atoms in total. The van der Waals surface area contributed by atoms with Gasteiger partial charge in [-0.3, -0.25) is 0 Å². The number of halogens is 2. The Morgan fingerprint density at radius 3 is 1.07 bits per heavy atom. The second-order valence-corrected chi connectivity index (χ2v) is 12.6. The smallest absolute Gasteiger partial charge is 0.0882 e. The zero-order valence-electron chi connectivity index (χ0n) is 21.2. The lowest BCUT2D eigenvalue weighted by Crippen LogP contribution is -3.00. The van der Waals surface area contributed by atoms with Gasteiger partial charge in [0, 0.05) is 0 Å². The Labute approximate surface area is 220 Å². The first kappa shape index (κ1) is 36.2. The number of nitrogens with zero attached hydrogens (tertiary/aromatic N) is 2. The molecule has 0 saturated carbocycles. The first-order valence-electron chi connectivity index (χ1n) is 12.2. The van der Waals surface area contributed by atoms with E-state index in [0.29, 0.717) is 0 Å². The number of hydrogen-bond donors (Lipinski definition) is 0. The lowest BCUT2D eigenvalue weighted by molar-refractivity contribution is -0.888. The minimum absolute atomic E-state index is 0. The Morgan fingerprint density at radius 1 is 0.433 bits per heavy atom. The van der Waals surface area contributed by atoms with Gasteiger partial charge < -0.3 is 42.9 Å². The van der Waals surface area contributed by atoms with Gasteiger partial charge in [-0.1, -0.05) is 86.8 Å². The summed E-state index contributed by atoms with van der Waals surface area (Å²) in [6, 6.07) is 0. The van der Waals surface area contributed by atoms with Crippen LogP contribution in [0.3, 0.4) is 0 Å². The first-order chi connectivity index (χ1) is 13.3. The summed E-state index contributed by atoms with van der Waals surface area (Å²) in [5.41, 5.74) is 0. The van der Waals surface area contributed by atoms with Gasteiger partial charge in [-0.05, 0) is 25.7 Å². The molecule has 6 heteroatoms. The van der Waals surface area contributed by atoms with Gasteiger partial charge in [0.2, 0.25) is 0 Å². The van der Waals surface area contributed by atoms with E-state index in [1.165, 1.54) is 124 Å². The zero-order chi connectivity index (χ0) is 21.1. The highest BCUT2D eigenvalue weighted by Gasteiger charge is 2.16. The predicted molar refractivity (Wildman–Crippen MR) is 135 cm³/mol. The van der Waals surface area contributed by atoms with Gasteiger partial charge in [0.25, 0.3) is 0 Å². The van der Waals surface area contributed by atoms with Crippen LogP contribution in [0.4, 0.5) is 0 Å². The largest absolute Gasteiger partial charge is 1.00 e. The number of rotatable bonds is 21. The summed E-state index contributed by atoms with van der Waals surface area (Å²) < 4.78 is 2.39. The molecule has 0 heterocycles. The van der Waals surface area contributed by atoms with Crippen LogP contribution in [0, 0.1) is 0 Å². The van der Waals surface area contributed by atoms with E-state index in [0.717, 1.165) is 0 Å². The Balaban J connectivity index is -0.00000364. The molecule has 30 heavy (non-hydrogen) atoms. The van der Waals surface area contributed by atoms with Crippen LogP contribution in [0.15, 0.2) is 0 Å². The number of unbranched alkanes of at least 4 members (excludes halogenated alkanes) is 10. The van der Waals surface area contributed by atoms with Gasteiger partial charge in [-0.15, -0.1) is 0 Å². The predicted octanol–water partition coefficient (Wildman–Crippen LogP) is 1.25. The molecule has 0 radical (unpaired) electrons. The van der Waals surface area contributed by atoms with Crippen molar-refractivity contribution in [1.82, 2.24) is 0 Å². The molecule has 0 saturated heterocycles. The molecule has 0 fully saturated rings. The monoisotopic (exact) mass is 592 g/mol. The maximum Gasteiger partial charge on any atom is 0.0882 e. The van der Waals surface area contributed by atoms with Crippen LogP contribution in [0.2, 0.25) is 0 Å². The molecule has 0 aromatic carbocycles. The summed E-state index contributed by atoms with van der Waals surface area (Å²) in [6.45, 7) is 9.90. The third kappa shape index (κ3) is 25.8. The molecule has 0 spiro atoms. The van der Waals surface area contributed by atoms with E-state index in [1.54, 1.807) is 0 Å². The van der Waals surface area contributed by atoms with E-state index >= 15 is 0 Å². The first-order valence-corrected chi connectivity index (χ1v) is 14.7. The molecule has 0 bridgehead atoms. The number of hydrogen-bond acceptors (Lipinski definition) is 2. The van der Waals surface area contributed by atoms with Crippen LogP contribution in [-0.2, 0) is 0 Å². The Morgan fingerprint density at radius 2 is 0.733 bits per heavy atom. The zero-order valence-corrected chi connectivity index (χ0v) is 26.0. The quantitative estimate of drug-likeness (QED) is 0.112. The molecule has 0 atom stereocenters. The van der Waals surface area contributed by atoms with Gasteiger partial charge >= 0.3 is 0 Å². The second kappa shape index (κ2) is 23.7. The molecule has 0 amide bonds. The van der Waals surface area contributed by atoms with Crippen LogP contribution in [-0.4, -0.2) is 74.8 Å². The number of quaternary nitrogens is 2. The summed E-state index contributed by atoms with van der Waals surface area (Å²) >= 11 is 0. The van der Waals surface area contributed by atoms with E-state index in [1.807, 2.05) is 0 Å². The van der Waals surface area contributed by atoms with Crippen LogP contribution < -0.4 is 34.0 Å². The van der Waals surface area contributed by atoms with Crippen molar-refractivity contribution in [1.29, 1.82) is 0 Å². The molecule has 0 N–H and O–H groups in total. The van der Waals surface area contributed by atoms with Crippen LogP contribution in [0.1, 0.15) is 90.9 Å². The minimum Gasteiger partial charge on any atom is -1.00 e. The molecular weight excluding hydrogens is 540 g/mol. The topological polar surface area (TPSA) is 0 Å². The van der Waals surface area contributed by atoms with Crippen LogP contribution in [0.5, 0.6) is 0 Å². The fourth-order valence-corrected chi connectivity index (χ4v) is 6.08. The summed E-state index contributed by atoms with van der Waals surface area (Å²) in [4.78, 5) is 0. The van der Waals surface area contributed by atoms with Gasteiger partial charge in [0.1, 0.15) is 0 Å². The molecule has 0 aromatic heterocycles. The summed E-state index contributed by atoms with van der Waals surface area (Å²) in [5, 5.41) is 0. The van der Waals surface area contributed by atoms with Crippen molar-refractivity contribution in [2.45, 2.75) is 90.9 Å². The van der Waals surface area contributed by atoms with Crippen molar-refractivity contribution in [2.24, 2.45) is 0 Å². The molecular formula is C24H54Br2N2S2. The van der Waals surface area contributed by atoms with Crippen LogP contribution >= 0.6 is 21.6 Å². The Kier molecular flexibility index (Phi) is 28.6. The van der Waals surface area contributed by atoms with Crippen molar-refractivity contribution in [3.05, 3.63) is 0 Å². The van der Waals surface area contributed by atoms with Crippen molar-refractivity contribution in [2.75, 3.05) is 65.9 Å². The van der Waals surface area contributed by atoms with Crippen molar-refractivity contribution in [3.8, 4) is 0 Å². The Hall–Kier alpha value is 1.58. The maximum absolute atomic E-state index is 2.41. The highest BCUT2D eigenvalue weighted by molar-refractivity contribution is 8.76. The molecule has 0 unspecified atom stereocenters. The average Bonchev–Trinajstić information content (AvgIpc) is 2.64. The highest BCUT2D eigenvalue weighted by Crippen LogP contribution is 2.23. The summed E-state index contributed by atoms with van der Waals surface area (Å²) in [5.74, 6) is 2.58. The average molecular weight is 595 g/mol. The van der Waals surface area contributed by atoms with Crippen LogP contribution in [0.25, 0.3) is 0 Å². The summed E-state index contributed by atoms with van der Waals surface area (Å²) in [7, 11) is 13.9. The van der Waals surface area contributed by atoms with E-state index in [2.05, 4.69) is 63.6 Å². The maximum atomic E-state index is 2.41. The SMILES string of the molecule is CCCCCCCC[N+](C)(C)CCSSCC[N+](C)(C)CCCCCCCC.[Br-].[Br-].